The van der Waals surface area contributed by atoms with Gasteiger partial charge in [-0.3, -0.25) is 4.79 Å². The molecule has 8 nitrogen and oxygen atoms in total. The van der Waals surface area contributed by atoms with E-state index in [0.29, 0.717) is 13.1 Å². The summed E-state index contributed by atoms with van der Waals surface area (Å²) in [4.78, 5) is 16.6. The lowest BCUT2D eigenvalue weighted by Crippen LogP contribution is -2.50. The fraction of sp³-hybridized carbons (Fsp3) is 0.600. The van der Waals surface area contributed by atoms with Crippen LogP contribution in [0.25, 0.3) is 0 Å². The first-order valence-electron chi connectivity index (χ1n) is 5.86. The predicted octanol–water partition coefficient (Wildman–Crippen LogP) is -1.14. The third-order valence-corrected chi connectivity index (χ3v) is 5.21. The van der Waals surface area contributed by atoms with Crippen LogP contribution in [0.15, 0.2) is 11.4 Å². The van der Waals surface area contributed by atoms with E-state index in [2.05, 4.69) is 4.98 Å². The molecule has 1 saturated heterocycles. The van der Waals surface area contributed by atoms with E-state index in [0.717, 1.165) is 0 Å². The third-order valence-electron chi connectivity index (χ3n) is 3.18. The second kappa shape index (κ2) is 4.82. The zero-order chi connectivity index (χ0) is 14.2. The van der Waals surface area contributed by atoms with Crippen LogP contribution in [0.5, 0.6) is 0 Å². The van der Waals surface area contributed by atoms with Crippen molar-refractivity contribution in [2.75, 3.05) is 31.9 Å². The fourth-order valence-corrected chi connectivity index (χ4v) is 3.73. The number of nitrogens with two attached hydrogens (primary N) is 1. The summed E-state index contributed by atoms with van der Waals surface area (Å²) in [6, 6.07) is 0. The first-order valence-corrected chi connectivity index (χ1v) is 7.30. The van der Waals surface area contributed by atoms with Gasteiger partial charge in [-0.2, -0.15) is 4.31 Å². The molecule has 0 aromatic carbocycles. The van der Waals surface area contributed by atoms with Crippen molar-refractivity contribution < 1.29 is 13.2 Å². The maximum Gasteiger partial charge on any atom is 0.262 e. The zero-order valence-corrected chi connectivity index (χ0v) is 11.7. The number of nitrogen functional groups attached to an aromatic ring is 1. The Labute approximate surface area is 111 Å². The van der Waals surface area contributed by atoms with E-state index in [1.807, 2.05) is 0 Å². The molecule has 1 fully saturated rings. The number of carbonyl (C=O) groups excluding carboxylic acids is 1. The van der Waals surface area contributed by atoms with Gasteiger partial charge in [0.1, 0.15) is 0 Å². The highest BCUT2D eigenvalue weighted by molar-refractivity contribution is 7.89. The van der Waals surface area contributed by atoms with E-state index in [9.17, 15) is 13.2 Å². The summed E-state index contributed by atoms with van der Waals surface area (Å²) in [5, 5.41) is 0.00350. The van der Waals surface area contributed by atoms with Crippen molar-refractivity contribution in [3.05, 3.63) is 6.33 Å². The Morgan fingerprint density at radius 2 is 1.89 bits per heavy atom. The summed E-state index contributed by atoms with van der Waals surface area (Å²) < 4.78 is 27.6. The molecular formula is C10H17N5O3S. The molecule has 2 N–H and O–H groups in total. The third kappa shape index (κ3) is 2.43. The Balaban J connectivity index is 2.21. The number of hydrogen-bond donors (Lipinski definition) is 1. The average Bonchev–Trinajstić information content (AvgIpc) is 2.69. The van der Waals surface area contributed by atoms with Crippen molar-refractivity contribution in [1.29, 1.82) is 0 Å². The Morgan fingerprint density at radius 3 is 2.32 bits per heavy atom. The smallest absolute Gasteiger partial charge is 0.262 e. The van der Waals surface area contributed by atoms with Crippen LogP contribution in [0.2, 0.25) is 0 Å². The summed E-state index contributed by atoms with van der Waals surface area (Å²) in [5.41, 5.74) is 5.61. The lowest BCUT2D eigenvalue weighted by Gasteiger charge is -2.33. The van der Waals surface area contributed by atoms with Gasteiger partial charge in [0.25, 0.3) is 10.0 Å². The molecule has 106 valence electrons. The summed E-state index contributed by atoms with van der Waals surface area (Å²) in [6.45, 7) is 2.81. The monoisotopic (exact) mass is 287 g/mol. The highest BCUT2D eigenvalue weighted by Crippen LogP contribution is 2.21. The number of hydrogen-bond acceptors (Lipinski definition) is 5. The van der Waals surface area contributed by atoms with Gasteiger partial charge in [0, 0.05) is 40.2 Å². The second-order valence-corrected chi connectivity index (χ2v) is 6.31. The summed E-state index contributed by atoms with van der Waals surface area (Å²) in [5.74, 6) is -0.0476. The molecule has 1 aromatic heterocycles. The first-order chi connectivity index (χ1) is 8.84. The van der Waals surface area contributed by atoms with Gasteiger partial charge in [0.2, 0.25) is 5.91 Å². The highest BCUT2D eigenvalue weighted by Gasteiger charge is 2.32. The molecule has 2 rings (SSSR count). The quantitative estimate of drug-likeness (QED) is 0.740. The van der Waals surface area contributed by atoms with Gasteiger partial charge in [0.05, 0.1) is 6.33 Å². The SMILES string of the molecule is CC(=O)N1CCN(S(=O)(=O)c2c(N)ncn2C)CC1. The van der Waals surface area contributed by atoms with Crippen LogP contribution in [0, 0.1) is 0 Å². The normalized spacial score (nSPS) is 17.7. The molecule has 0 spiro atoms. The van der Waals surface area contributed by atoms with E-state index < -0.39 is 10.0 Å². The summed E-state index contributed by atoms with van der Waals surface area (Å²) in [7, 11) is -2.07. The lowest BCUT2D eigenvalue weighted by molar-refractivity contribution is -0.129. The number of rotatable bonds is 2. The van der Waals surface area contributed by atoms with E-state index in [1.54, 1.807) is 11.9 Å². The van der Waals surface area contributed by atoms with Crippen LogP contribution >= 0.6 is 0 Å². The van der Waals surface area contributed by atoms with Crippen LogP contribution in [-0.2, 0) is 21.9 Å². The molecule has 0 radical (unpaired) electrons. The minimum Gasteiger partial charge on any atom is -0.381 e. The first kappa shape index (κ1) is 13.8. The molecule has 1 amide bonds. The van der Waals surface area contributed by atoms with Gasteiger partial charge in [-0.1, -0.05) is 0 Å². The maximum atomic E-state index is 12.4. The molecule has 1 aromatic rings. The lowest BCUT2D eigenvalue weighted by atomic mass is 10.3. The number of amides is 1. The predicted molar refractivity (Wildman–Crippen MR) is 68.6 cm³/mol. The van der Waals surface area contributed by atoms with Crippen molar-refractivity contribution in [3.8, 4) is 0 Å². The van der Waals surface area contributed by atoms with Crippen LogP contribution in [0.1, 0.15) is 6.92 Å². The molecule has 0 atom stereocenters. The largest absolute Gasteiger partial charge is 0.381 e. The molecule has 0 bridgehead atoms. The standard InChI is InChI=1S/C10H17N5O3S/c1-8(16)14-3-5-15(6-4-14)19(17,18)10-9(11)12-7-13(10)2/h7H,3-6,11H2,1-2H3. The van der Waals surface area contributed by atoms with Crippen molar-refractivity contribution in [2.45, 2.75) is 11.9 Å². The van der Waals surface area contributed by atoms with Gasteiger partial charge in [0.15, 0.2) is 10.8 Å². The van der Waals surface area contributed by atoms with Crippen molar-refractivity contribution in [3.63, 3.8) is 0 Å². The van der Waals surface area contributed by atoms with Gasteiger partial charge >= 0.3 is 0 Å². The molecule has 9 heteroatoms. The Morgan fingerprint density at radius 1 is 1.32 bits per heavy atom. The fourth-order valence-electron chi connectivity index (χ4n) is 2.12. The van der Waals surface area contributed by atoms with Crippen molar-refractivity contribution in [2.24, 2.45) is 7.05 Å². The maximum absolute atomic E-state index is 12.4. The molecule has 2 heterocycles. The molecule has 1 aliphatic heterocycles. The Kier molecular flexibility index (Phi) is 3.50. The van der Waals surface area contributed by atoms with Gasteiger partial charge < -0.3 is 15.2 Å². The zero-order valence-electron chi connectivity index (χ0n) is 10.9. The summed E-state index contributed by atoms with van der Waals surface area (Å²) in [6.07, 6.45) is 1.37. The number of aryl methyl sites for hydroxylation is 1. The highest BCUT2D eigenvalue weighted by atomic mass is 32.2. The minimum absolute atomic E-state index is 0.00324. The van der Waals surface area contributed by atoms with Gasteiger partial charge in [-0.05, 0) is 0 Å². The Bertz CT molecular complexity index is 567. The molecular weight excluding hydrogens is 270 g/mol. The average molecular weight is 287 g/mol. The molecule has 19 heavy (non-hydrogen) atoms. The molecule has 1 aliphatic rings. The molecule has 0 aliphatic carbocycles. The van der Waals surface area contributed by atoms with Gasteiger partial charge in [-0.25, -0.2) is 13.4 Å². The van der Waals surface area contributed by atoms with Crippen LogP contribution < -0.4 is 5.73 Å². The van der Waals surface area contributed by atoms with Crippen LogP contribution in [-0.4, -0.2) is 59.3 Å². The van der Waals surface area contributed by atoms with E-state index >= 15 is 0 Å². The second-order valence-electron chi connectivity index (χ2n) is 4.46. The van der Waals surface area contributed by atoms with Crippen LogP contribution in [0.4, 0.5) is 5.82 Å². The number of imidazole rings is 1. The van der Waals surface area contributed by atoms with Crippen molar-refractivity contribution in [1.82, 2.24) is 18.8 Å². The number of carbonyl (C=O) groups is 1. The van der Waals surface area contributed by atoms with E-state index in [-0.39, 0.29) is 29.8 Å². The number of aromatic nitrogens is 2. The molecule has 0 unspecified atom stereocenters. The van der Waals surface area contributed by atoms with Crippen LogP contribution in [0.3, 0.4) is 0 Å². The number of piperazine rings is 1. The number of sulfonamides is 1. The van der Waals surface area contributed by atoms with Gasteiger partial charge in [-0.15, -0.1) is 0 Å². The molecule has 0 saturated carbocycles. The minimum atomic E-state index is -3.66. The topological polar surface area (TPSA) is 102 Å². The van der Waals surface area contributed by atoms with E-state index in [4.69, 9.17) is 5.73 Å². The van der Waals surface area contributed by atoms with Crippen molar-refractivity contribution >= 4 is 21.7 Å². The van der Waals surface area contributed by atoms with E-state index in [1.165, 1.54) is 22.1 Å². The Hall–Kier alpha value is -1.61. The number of nitrogens with zero attached hydrogens (tertiary/aromatic N) is 4. The number of anilines is 1. The summed E-state index contributed by atoms with van der Waals surface area (Å²) >= 11 is 0.